The molecule has 0 fully saturated rings. The standard InChI is InChI=1S/C6F14O2S/c7-1(8,3(11,12)13)5(17,18)23(21,22)6(19,20)2(9,10)4(14,15)16. The molecule has 0 heterocycles. The van der Waals surface area contributed by atoms with E-state index >= 15 is 0 Å². The van der Waals surface area contributed by atoms with E-state index in [2.05, 4.69) is 0 Å². The Morgan fingerprint density at radius 2 is 0.609 bits per heavy atom. The van der Waals surface area contributed by atoms with E-state index in [1.807, 2.05) is 0 Å². The van der Waals surface area contributed by atoms with Crippen LogP contribution < -0.4 is 0 Å². The molecule has 23 heavy (non-hydrogen) atoms. The number of hydrogen-bond donors (Lipinski definition) is 0. The Bertz CT molecular complexity index is 507. The molecule has 0 aliphatic heterocycles. The van der Waals surface area contributed by atoms with Crippen LogP contribution in [0.15, 0.2) is 0 Å². The largest absolute Gasteiger partial charge is 0.461 e. The summed E-state index contributed by atoms with van der Waals surface area (Å²) in [6.07, 6.45) is -15.1. The maximum Gasteiger partial charge on any atom is 0.461 e. The maximum atomic E-state index is 12.7. The normalized spacial score (nSPS) is 16.6. The van der Waals surface area contributed by atoms with E-state index in [9.17, 15) is 69.9 Å². The van der Waals surface area contributed by atoms with Gasteiger partial charge in [-0.1, -0.05) is 0 Å². The molecular weight excluding hydrogens is 402 g/mol. The fourth-order valence-corrected chi connectivity index (χ4v) is 2.06. The predicted molar refractivity (Wildman–Crippen MR) is 40.8 cm³/mol. The zero-order valence-corrected chi connectivity index (χ0v) is 10.3. The molecule has 0 aromatic carbocycles. The third kappa shape index (κ3) is 2.69. The third-order valence-electron chi connectivity index (χ3n) is 2.12. The van der Waals surface area contributed by atoms with E-state index in [0.717, 1.165) is 0 Å². The smallest absolute Gasteiger partial charge is 0.216 e. The van der Waals surface area contributed by atoms with E-state index in [1.54, 1.807) is 0 Å². The molecule has 0 unspecified atom stereocenters. The van der Waals surface area contributed by atoms with Crippen LogP contribution >= 0.6 is 0 Å². The van der Waals surface area contributed by atoms with Crippen molar-refractivity contribution >= 4 is 9.84 Å². The van der Waals surface area contributed by atoms with Crippen LogP contribution in [0.2, 0.25) is 0 Å². The topological polar surface area (TPSA) is 34.1 Å². The monoisotopic (exact) mass is 402 g/mol. The van der Waals surface area contributed by atoms with Crippen LogP contribution in [-0.4, -0.2) is 43.1 Å². The molecule has 0 aromatic heterocycles. The van der Waals surface area contributed by atoms with Crippen LogP contribution in [0, 0.1) is 0 Å². The Morgan fingerprint density at radius 1 is 0.435 bits per heavy atom. The summed E-state index contributed by atoms with van der Waals surface area (Å²) in [6, 6.07) is 0. The van der Waals surface area contributed by atoms with Crippen LogP contribution in [0.25, 0.3) is 0 Å². The average Bonchev–Trinajstić information content (AvgIpc) is 2.24. The van der Waals surface area contributed by atoms with Gasteiger partial charge in [-0.3, -0.25) is 0 Å². The SMILES string of the molecule is O=S(=O)(C(F)(F)C(F)(F)C(F)(F)F)C(F)(F)C(F)(F)C(F)(F)F. The van der Waals surface area contributed by atoms with Gasteiger partial charge in [-0.05, 0) is 0 Å². The molecule has 0 amide bonds. The van der Waals surface area contributed by atoms with E-state index in [0.29, 0.717) is 0 Å². The second-order valence-corrected chi connectivity index (χ2v) is 5.71. The summed E-state index contributed by atoms with van der Waals surface area (Å²) < 4.78 is 190. The summed E-state index contributed by atoms with van der Waals surface area (Å²) in [5.74, 6) is -15.8. The van der Waals surface area contributed by atoms with Gasteiger partial charge in [0.1, 0.15) is 0 Å². The molecule has 0 aromatic rings. The lowest BCUT2D eigenvalue weighted by Gasteiger charge is -2.33. The summed E-state index contributed by atoms with van der Waals surface area (Å²) in [6.45, 7) is 0. The van der Waals surface area contributed by atoms with Gasteiger partial charge < -0.3 is 0 Å². The molecule has 0 bridgehead atoms. The van der Waals surface area contributed by atoms with Crippen molar-refractivity contribution < 1.29 is 69.9 Å². The first kappa shape index (κ1) is 22.0. The minimum Gasteiger partial charge on any atom is -0.216 e. The quantitative estimate of drug-likeness (QED) is 0.667. The highest BCUT2D eigenvalue weighted by molar-refractivity contribution is 7.93. The fourth-order valence-electron chi connectivity index (χ4n) is 0.829. The molecule has 0 aliphatic rings. The van der Waals surface area contributed by atoms with Crippen molar-refractivity contribution in [1.29, 1.82) is 0 Å². The van der Waals surface area contributed by atoms with E-state index in [4.69, 9.17) is 0 Å². The number of rotatable bonds is 4. The van der Waals surface area contributed by atoms with Gasteiger partial charge in [0.05, 0.1) is 0 Å². The van der Waals surface area contributed by atoms with Crippen LogP contribution in [0.5, 0.6) is 0 Å². The van der Waals surface area contributed by atoms with Gasteiger partial charge in [0.2, 0.25) is 0 Å². The van der Waals surface area contributed by atoms with Crippen molar-refractivity contribution in [3.8, 4) is 0 Å². The number of hydrogen-bond acceptors (Lipinski definition) is 2. The van der Waals surface area contributed by atoms with Gasteiger partial charge in [-0.2, -0.15) is 61.5 Å². The van der Waals surface area contributed by atoms with Gasteiger partial charge in [0, 0.05) is 0 Å². The van der Waals surface area contributed by atoms with E-state index in [1.165, 1.54) is 0 Å². The van der Waals surface area contributed by atoms with Crippen molar-refractivity contribution in [2.45, 2.75) is 34.7 Å². The minimum atomic E-state index is -9.03. The van der Waals surface area contributed by atoms with Crippen LogP contribution in [0.1, 0.15) is 0 Å². The van der Waals surface area contributed by atoms with Gasteiger partial charge in [-0.15, -0.1) is 0 Å². The Balaban J connectivity index is 6.51. The van der Waals surface area contributed by atoms with Gasteiger partial charge in [0.25, 0.3) is 9.84 Å². The summed E-state index contributed by atoms with van der Waals surface area (Å²) in [5, 5.41) is -16.1. The van der Waals surface area contributed by atoms with Gasteiger partial charge in [0.15, 0.2) is 0 Å². The summed E-state index contributed by atoms with van der Waals surface area (Å²) in [5.41, 5.74) is 0. The number of sulfone groups is 1. The summed E-state index contributed by atoms with van der Waals surface area (Å²) in [4.78, 5) is 0. The highest BCUT2D eigenvalue weighted by Crippen LogP contribution is 2.57. The van der Waals surface area contributed by atoms with Crippen LogP contribution in [-0.2, 0) is 9.84 Å². The Hall–Kier alpha value is -1.03. The average molecular weight is 402 g/mol. The lowest BCUT2D eigenvalue weighted by molar-refractivity contribution is -0.344. The van der Waals surface area contributed by atoms with Gasteiger partial charge in [-0.25, -0.2) is 8.42 Å². The van der Waals surface area contributed by atoms with Crippen LogP contribution in [0.3, 0.4) is 0 Å². The summed E-state index contributed by atoms with van der Waals surface area (Å²) in [7, 11) is -9.03. The Kier molecular flexibility index (Phi) is 4.76. The zero-order chi connectivity index (χ0) is 19.5. The molecule has 0 atom stereocenters. The second-order valence-electron chi connectivity index (χ2n) is 3.68. The van der Waals surface area contributed by atoms with E-state index < -0.39 is 44.5 Å². The van der Waals surface area contributed by atoms with Gasteiger partial charge >= 0.3 is 34.7 Å². The van der Waals surface area contributed by atoms with Crippen molar-refractivity contribution in [2.24, 2.45) is 0 Å². The molecule has 0 saturated heterocycles. The van der Waals surface area contributed by atoms with Crippen LogP contribution in [0.4, 0.5) is 61.5 Å². The summed E-state index contributed by atoms with van der Waals surface area (Å²) >= 11 is 0. The molecule has 0 aliphatic carbocycles. The lowest BCUT2D eigenvalue weighted by Crippen LogP contribution is -2.65. The second kappa shape index (κ2) is 4.98. The first-order valence-corrected chi connectivity index (χ1v) is 5.87. The molecule has 0 spiro atoms. The van der Waals surface area contributed by atoms with Crippen molar-refractivity contribution in [3.05, 3.63) is 0 Å². The Morgan fingerprint density at radius 3 is 0.739 bits per heavy atom. The number of halogens is 14. The van der Waals surface area contributed by atoms with Crippen molar-refractivity contribution in [2.75, 3.05) is 0 Å². The molecule has 140 valence electrons. The molecule has 0 radical (unpaired) electrons. The molecular formula is C6F14O2S. The number of alkyl halides is 14. The van der Waals surface area contributed by atoms with Crippen molar-refractivity contribution in [1.82, 2.24) is 0 Å². The third-order valence-corrected chi connectivity index (χ3v) is 3.98. The van der Waals surface area contributed by atoms with Crippen molar-refractivity contribution in [3.63, 3.8) is 0 Å². The lowest BCUT2D eigenvalue weighted by atomic mass is 10.3. The highest BCUT2D eigenvalue weighted by Gasteiger charge is 2.89. The minimum absolute atomic E-state index is 7.56. The van der Waals surface area contributed by atoms with E-state index in [-0.39, 0.29) is 0 Å². The molecule has 2 nitrogen and oxygen atoms in total. The first-order chi connectivity index (χ1) is 9.50. The zero-order valence-electron chi connectivity index (χ0n) is 9.52. The molecule has 0 saturated carbocycles. The molecule has 0 rings (SSSR count). The molecule has 0 N–H and O–H groups in total. The fraction of sp³-hybridized carbons (Fsp3) is 1.00. The molecule has 17 heteroatoms. The first-order valence-electron chi connectivity index (χ1n) is 4.39. The highest BCUT2D eigenvalue weighted by atomic mass is 32.2. The Labute approximate surface area is 116 Å². The predicted octanol–water partition coefficient (Wildman–Crippen LogP) is 3.98. The maximum absolute atomic E-state index is 12.7.